The Morgan fingerprint density at radius 1 is 1.04 bits per heavy atom. The van der Waals surface area contributed by atoms with Gasteiger partial charge in [-0.1, -0.05) is 23.2 Å². The minimum atomic E-state index is 0.0354. The molecular formula is C17H20Cl2N6. The van der Waals surface area contributed by atoms with Crippen LogP contribution < -0.4 is 5.01 Å². The van der Waals surface area contributed by atoms with Crippen LogP contribution in [0, 0.1) is 0 Å². The summed E-state index contributed by atoms with van der Waals surface area (Å²) in [6.45, 7) is 7.86. The minimum absolute atomic E-state index is 0.0354. The summed E-state index contributed by atoms with van der Waals surface area (Å²) in [4.78, 5) is 14.3. The number of hydrogen-bond donors (Lipinski definition) is 0. The monoisotopic (exact) mass is 378 g/mol. The van der Waals surface area contributed by atoms with E-state index in [0.717, 1.165) is 54.9 Å². The van der Waals surface area contributed by atoms with E-state index < -0.39 is 0 Å². The van der Waals surface area contributed by atoms with Crippen molar-refractivity contribution < 1.29 is 0 Å². The van der Waals surface area contributed by atoms with Crippen molar-refractivity contribution in [1.82, 2.24) is 9.80 Å². The van der Waals surface area contributed by atoms with Crippen molar-refractivity contribution in [3.63, 3.8) is 0 Å². The van der Waals surface area contributed by atoms with E-state index in [1.165, 1.54) is 0 Å². The third-order valence-electron chi connectivity index (χ3n) is 4.85. The Hall–Kier alpha value is -1.63. The maximum Gasteiger partial charge on any atom is 0.193 e. The van der Waals surface area contributed by atoms with Gasteiger partial charge in [-0.2, -0.15) is 5.10 Å². The summed E-state index contributed by atoms with van der Waals surface area (Å²) in [5.41, 5.74) is 2.55. The van der Waals surface area contributed by atoms with Crippen LogP contribution in [0.1, 0.15) is 13.8 Å². The Morgan fingerprint density at radius 3 is 2.44 bits per heavy atom. The fraction of sp³-hybridized carbons (Fsp3) is 0.471. The number of fused-ring (bicyclic) bond motifs is 3. The number of aliphatic imine (C=N–C) groups is 2. The van der Waals surface area contributed by atoms with E-state index >= 15 is 0 Å². The summed E-state index contributed by atoms with van der Waals surface area (Å²) >= 11 is 12.5. The van der Waals surface area contributed by atoms with E-state index in [2.05, 4.69) is 23.8 Å². The highest BCUT2D eigenvalue weighted by Crippen LogP contribution is 2.40. The largest absolute Gasteiger partial charge is 0.351 e. The normalized spacial score (nSPS) is 23.6. The molecule has 0 N–H and O–H groups in total. The first-order valence-electron chi connectivity index (χ1n) is 8.38. The molecule has 0 radical (unpaired) electrons. The van der Waals surface area contributed by atoms with E-state index in [9.17, 15) is 0 Å². The molecule has 1 aromatic carbocycles. The first-order valence-corrected chi connectivity index (χ1v) is 9.14. The van der Waals surface area contributed by atoms with Crippen LogP contribution in [-0.2, 0) is 0 Å². The van der Waals surface area contributed by atoms with Gasteiger partial charge in [0, 0.05) is 26.2 Å². The molecule has 3 aliphatic heterocycles. The van der Waals surface area contributed by atoms with Gasteiger partial charge in [-0.3, -0.25) is 4.99 Å². The number of likely N-dealkylation sites (N-methyl/N-ethyl adjacent to an activating group) is 1. The first-order chi connectivity index (χ1) is 11.9. The van der Waals surface area contributed by atoms with Gasteiger partial charge < -0.3 is 9.80 Å². The molecule has 4 rings (SSSR count). The molecule has 1 saturated heterocycles. The highest BCUT2D eigenvalue weighted by atomic mass is 35.5. The number of nitrogens with zero attached hydrogens (tertiary/aromatic N) is 6. The lowest BCUT2D eigenvalue weighted by Crippen LogP contribution is -2.54. The predicted octanol–water partition coefficient (Wildman–Crippen LogP) is 3.27. The van der Waals surface area contributed by atoms with Crippen LogP contribution in [0.4, 0.5) is 11.4 Å². The number of amidine groups is 2. The molecule has 0 bridgehead atoms. The molecule has 3 aliphatic rings. The van der Waals surface area contributed by atoms with Gasteiger partial charge in [0.2, 0.25) is 0 Å². The average molecular weight is 379 g/mol. The molecule has 0 spiro atoms. The Bertz CT molecular complexity index is 808. The number of piperazine rings is 1. The Labute approximate surface area is 157 Å². The molecule has 3 heterocycles. The van der Waals surface area contributed by atoms with Gasteiger partial charge in [-0.05, 0) is 33.0 Å². The van der Waals surface area contributed by atoms with Crippen molar-refractivity contribution in [1.29, 1.82) is 0 Å². The summed E-state index contributed by atoms with van der Waals surface area (Å²) < 4.78 is 0. The standard InChI is InChI=1S/C17H20Cl2N6/c1-10-11(2)22-25-15-9-13(19)12(18)8-14(15)21-16(17(25)20-10)24-6-4-23(3)5-7-24/h8-10H,4-7H2,1-3H3. The maximum absolute atomic E-state index is 6.23. The zero-order chi connectivity index (χ0) is 17.7. The molecule has 0 saturated carbocycles. The Kier molecular flexibility index (Phi) is 4.22. The van der Waals surface area contributed by atoms with E-state index in [1.807, 2.05) is 18.0 Å². The van der Waals surface area contributed by atoms with Gasteiger partial charge in [0.05, 0.1) is 33.2 Å². The van der Waals surface area contributed by atoms with Crippen LogP contribution in [-0.4, -0.2) is 66.5 Å². The molecule has 1 atom stereocenters. The van der Waals surface area contributed by atoms with E-state index in [0.29, 0.717) is 10.0 Å². The summed E-state index contributed by atoms with van der Waals surface area (Å²) in [5, 5.41) is 7.60. The lowest BCUT2D eigenvalue weighted by molar-refractivity contribution is 0.217. The fourth-order valence-electron chi connectivity index (χ4n) is 3.12. The summed E-state index contributed by atoms with van der Waals surface area (Å²) in [5.74, 6) is 1.65. The number of hydrogen-bond acceptors (Lipinski definition) is 6. The lowest BCUT2D eigenvalue weighted by Gasteiger charge is -2.39. The molecule has 0 amide bonds. The van der Waals surface area contributed by atoms with Crippen LogP contribution >= 0.6 is 23.2 Å². The van der Waals surface area contributed by atoms with Gasteiger partial charge in [-0.15, -0.1) is 0 Å². The van der Waals surface area contributed by atoms with Crippen molar-refractivity contribution in [3.8, 4) is 0 Å². The van der Waals surface area contributed by atoms with Crippen LogP contribution in [0.25, 0.3) is 0 Å². The molecule has 8 heteroatoms. The SMILES string of the molecule is CC1=NN2C(=NC1C)C(N1CCN(C)CC1)=Nc1cc(Cl)c(Cl)cc12. The third kappa shape index (κ3) is 2.92. The third-order valence-corrected chi connectivity index (χ3v) is 5.58. The van der Waals surface area contributed by atoms with Crippen molar-refractivity contribution in [2.75, 3.05) is 38.2 Å². The van der Waals surface area contributed by atoms with Crippen LogP contribution in [0.3, 0.4) is 0 Å². The quantitative estimate of drug-likeness (QED) is 0.695. The number of benzene rings is 1. The Morgan fingerprint density at radius 2 is 1.72 bits per heavy atom. The van der Waals surface area contributed by atoms with E-state index in [1.54, 1.807) is 6.07 Å². The van der Waals surface area contributed by atoms with Gasteiger partial charge in [-0.25, -0.2) is 10.0 Å². The zero-order valence-corrected chi connectivity index (χ0v) is 16.0. The number of halogens is 2. The van der Waals surface area contributed by atoms with Gasteiger partial charge >= 0.3 is 0 Å². The second-order valence-electron chi connectivity index (χ2n) is 6.66. The molecule has 6 nitrogen and oxygen atoms in total. The van der Waals surface area contributed by atoms with Crippen molar-refractivity contribution in [3.05, 3.63) is 22.2 Å². The molecule has 0 aliphatic carbocycles. The number of anilines is 1. The fourth-order valence-corrected chi connectivity index (χ4v) is 3.44. The first kappa shape index (κ1) is 16.8. The second-order valence-corrected chi connectivity index (χ2v) is 7.48. The average Bonchev–Trinajstić information content (AvgIpc) is 2.58. The van der Waals surface area contributed by atoms with E-state index in [-0.39, 0.29) is 6.04 Å². The molecule has 25 heavy (non-hydrogen) atoms. The zero-order valence-electron chi connectivity index (χ0n) is 14.5. The summed E-state index contributed by atoms with van der Waals surface area (Å²) in [6.07, 6.45) is 0. The van der Waals surface area contributed by atoms with Crippen molar-refractivity contribution >= 4 is 52.0 Å². The van der Waals surface area contributed by atoms with Crippen LogP contribution in [0.2, 0.25) is 10.0 Å². The summed E-state index contributed by atoms with van der Waals surface area (Å²) in [6, 6.07) is 3.65. The van der Waals surface area contributed by atoms with Gasteiger partial charge in [0.25, 0.3) is 0 Å². The lowest BCUT2D eigenvalue weighted by atomic mass is 10.1. The van der Waals surface area contributed by atoms with Crippen LogP contribution in [0.5, 0.6) is 0 Å². The Balaban J connectivity index is 1.83. The number of hydrazone groups is 1. The molecule has 1 fully saturated rings. The smallest absolute Gasteiger partial charge is 0.193 e. The maximum atomic E-state index is 6.23. The van der Waals surface area contributed by atoms with Gasteiger partial charge in [0.1, 0.15) is 0 Å². The highest BCUT2D eigenvalue weighted by Gasteiger charge is 2.34. The molecular weight excluding hydrogens is 359 g/mol. The minimum Gasteiger partial charge on any atom is -0.351 e. The van der Waals surface area contributed by atoms with E-state index in [4.69, 9.17) is 38.3 Å². The topological polar surface area (TPSA) is 46.8 Å². The number of rotatable bonds is 0. The van der Waals surface area contributed by atoms with Crippen molar-refractivity contribution in [2.45, 2.75) is 19.9 Å². The second kappa shape index (κ2) is 6.27. The summed E-state index contributed by atoms with van der Waals surface area (Å²) in [7, 11) is 2.14. The van der Waals surface area contributed by atoms with Gasteiger partial charge in [0.15, 0.2) is 11.7 Å². The predicted molar refractivity (Wildman–Crippen MR) is 105 cm³/mol. The molecule has 0 aromatic heterocycles. The molecule has 1 unspecified atom stereocenters. The van der Waals surface area contributed by atoms with Crippen molar-refractivity contribution in [2.24, 2.45) is 15.1 Å². The molecule has 1 aromatic rings. The van der Waals surface area contributed by atoms with Crippen LogP contribution in [0.15, 0.2) is 27.2 Å². The highest BCUT2D eigenvalue weighted by molar-refractivity contribution is 6.48. The molecule has 132 valence electrons.